The van der Waals surface area contributed by atoms with E-state index in [1.165, 1.54) is 11.8 Å². The van der Waals surface area contributed by atoms with E-state index in [4.69, 9.17) is 21.1 Å². The van der Waals surface area contributed by atoms with Crippen LogP contribution in [0.25, 0.3) is 10.9 Å². The monoisotopic (exact) mass is 391 g/mol. The van der Waals surface area contributed by atoms with E-state index in [9.17, 15) is 4.79 Å². The van der Waals surface area contributed by atoms with Crippen molar-refractivity contribution < 1.29 is 4.52 Å². The van der Waals surface area contributed by atoms with Gasteiger partial charge >= 0.3 is 0 Å². The van der Waals surface area contributed by atoms with Gasteiger partial charge in [-0.25, -0.2) is 4.98 Å². The second-order valence-electron chi connectivity index (χ2n) is 6.31. The Kier molecular flexibility index (Phi) is 6.04. The van der Waals surface area contributed by atoms with Gasteiger partial charge in [0.15, 0.2) is 5.16 Å². The predicted molar refractivity (Wildman–Crippen MR) is 106 cm³/mol. The van der Waals surface area contributed by atoms with Crippen LogP contribution in [0.3, 0.4) is 0 Å². The van der Waals surface area contributed by atoms with Crippen LogP contribution in [-0.4, -0.2) is 14.7 Å². The van der Waals surface area contributed by atoms with Gasteiger partial charge in [-0.3, -0.25) is 9.36 Å². The number of fused-ring (bicyclic) bond motifs is 1. The number of nitrogens with zero attached hydrogens (tertiary/aromatic N) is 3. The number of aromatic nitrogens is 3. The van der Waals surface area contributed by atoms with Crippen LogP contribution in [0, 0.1) is 13.8 Å². The van der Waals surface area contributed by atoms with Crippen LogP contribution in [0.15, 0.2) is 32.7 Å². The number of rotatable bonds is 7. The highest BCUT2D eigenvalue weighted by Crippen LogP contribution is 2.26. The molecule has 0 unspecified atom stereocenters. The fourth-order valence-electron chi connectivity index (χ4n) is 2.85. The predicted octanol–water partition coefficient (Wildman–Crippen LogP) is 5.14. The second-order valence-corrected chi connectivity index (χ2v) is 7.69. The standard InChI is InChI=1S/C19H22ClN3O2S/c1-4-5-6-9-23-18(24)15-8-7-14(20)10-17(15)21-19(23)26-11-16-12(2)22-25-13(16)3/h7-8,10H,4-6,9,11H2,1-3H3. The summed E-state index contributed by atoms with van der Waals surface area (Å²) in [5.74, 6) is 1.46. The number of hydrogen-bond donors (Lipinski definition) is 0. The van der Waals surface area contributed by atoms with Crippen LogP contribution in [0.4, 0.5) is 0 Å². The molecule has 2 aromatic heterocycles. The summed E-state index contributed by atoms with van der Waals surface area (Å²) in [6.45, 7) is 6.64. The molecule has 1 aromatic carbocycles. The maximum absolute atomic E-state index is 13.0. The van der Waals surface area contributed by atoms with Crippen LogP contribution in [-0.2, 0) is 12.3 Å². The summed E-state index contributed by atoms with van der Waals surface area (Å²) in [6.07, 6.45) is 3.14. The Morgan fingerprint density at radius 1 is 1.27 bits per heavy atom. The average Bonchev–Trinajstić information content (AvgIpc) is 2.93. The van der Waals surface area contributed by atoms with Gasteiger partial charge in [-0.15, -0.1) is 0 Å². The number of thioether (sulfide) groups is 1. The van der Waals surface area contributed by atoms with Crippen LogP contribution in [0.1, 0.15) is 43.2 Å². The zero-order valence-electron chi connectivity index (χ0n) is 15.2. The fraction of sp³-hybridized carbons (Fsp3) is 0.421. The lowest BCUT2D eigenvalue weighted by atomic mass is 10.2. The zero-order valence-corrected chi connectivity index (χ0v) is 16.8. The molecule has 0 bridgehead atoms. The second kappa shape index (κ2) is 8.27. The summed E-state index contributed by atoms with van der Waals surface area (Å²) in [5.41, 5.74) is 2.55. The Labute approximate surface area is 161 Å². The van der Waals surface area contributed by atoms with Crippen LogP contribution in [0.5, 0.6) is 0 Å². The van der Waals surface area contributed by atoms with Crippen molar-refractivity contribution in [3.63, 3.8) is 0 Å². The van der Waals surface area contributed by atoms with E-state index in [1.54, 1.807) is 22.8 Å². The Morgan fingerprint density at radius 2 is 2.08 bits per heavy atom. The van der Waals surface area contributed by atoms with Crippen molar-refractivity contribution >= 4 is 34.3 Å². The SMILES string of the molecule is CCCCCn1c(SCc2c(C)noc2C)nc2cc(Cl)ccc2c1=O. The molecule has 0 atom stereocenters. The Bertz CT molecular complexity index is 961. The van der Waals surface area contributed by atoms with Gasteiger partial charge < -0.3 is 4.52 Å². The molecule has 0 radical (unpaired) electrons. The van der Waals surface area contributed by atoms with Crippen molar-refractivity contribution in [2.75, 3.05) is 0 Å². The first-order valence-corrected chi connectivity index (χ1v) is 10.1. The minimum absolute atomic E-state index is 0.0102. The summed E-state index contributed by atoms with van der Waals surface area (Å²) in [6, 6.07) is 5.24. The van der Waals surface area contributed by atoms with Gasteiger partial charge in [-0.1, -0.05) is 48.3 Å². The molecule has 3 rings (SSSR count). The first-order chi connectivity index (χ1) is 12.5. The molecular weight excluding hydrogens is 370 g/mol. The highest BCUT2D eigenvalue weighted by molar-refractivity contribution is 7.98. The topological polar surface area (TPSA) is 60.9 Å². The van der Waals surface area contributed by atoms with E-state index in [1.807, 2.05) is 13.8 Å². The van der Waals surface area contributed by atoms with Crippen molar-refractivity contribution in [2.45, 2.75) is 57.5 Å². The Hall–Kier alpha value is -1.79. The zero-order chi connectivity index (χ0) is 18.7. The summed E-state index contributed by atoms with van der Waals surface area (Å²) in [4.78, 5) is 17.7. The summed E-state index contributed by atoms with van der Waals surface area (Å²) in [7, 11) is 0. The molecule has 0 fully saturated rings. The molecular formula is C19H22ClN3O2S. The third kappa shape index (κ3) is 3.96. The van der Waals surface area contributed by atoms with Crippen LogP contribution >= 0.6 is 23.4 Å². The van der Waals surface area contributed by atoms with Gasteiger partial charge in [0.05, 0.1) is 16.6 Å². The summed E-state index contributed by atoms with van der Waals surface area (Å²) in [5, 5.41) is 5.89. The molecule has 0 saturated carbocycles. The number of aryl methyl sites for hydroxylation is 2. The largest absolute Gasteiger partial charge is 0.361 e. The highest BCUT2D eigenvalue weighted by atomic mass is 35.5. The molecule has 0 amide bonds. The average molecular weight is 392 g/mol. The molecule has 0 aliphatic heterocycles. The molecule has 7 heteroatoms. The van der Waals surface area contributed by atoms with E-state index in [0.717, 1.165) is 36.3 Å². The van der Waals surface area contributed by atoms with Gasteiger partial charge in [0.1, 0.15) is 5.76 Å². The number of halogens is 1. The van der Waals surface area contributed by atoms with Crippen molar-refractivity contribution in [3.8, 4) is 0 Å². The van der Waals surface area contributed by atoms with E-state index in [0.29, 0.717) is 33.4 Å². The molecule has 0 aliphatic carbocycles. The molecule has 26 heavy (non-hydrogen) atoms. The number of hydrogen-bond acceptors (Lipinski definition) is 5. The van der Waals surface area contributed by atoms with Crippen LogP contribution in [0.2, 0.25) is 5.02 Å². The van der Waals surface area contributed by atoms with Crippen molar-refractivity contribution in [3.05, 3.63) is 50.6 Å². The first kappa shape index (κ1) is 19.0. The van der Waals surface area contributed by atoms with Crippen molar-refractivity contribution in [1.29, 1.82) is 0 Å². The van der Waals surface area contributed by atoms with Gasteiger partial charge in [0, 0.05) is 22.9 Å². The third-order valence-corrected chi connectivity index (χ3v) is 5.63. The molecule has 3 aromatic rings. The van der Waals surface area contributed by atoms with Gasteiger partial charge in [-0.2, -0.15) is 0 Å². The molecule has 0 saturated heterocycles. The molecule has 2 heterocycles. The van der Waals surface area contributed by atoms with E-state index < -0.39 is 0 Å². The van der Waals surface area contributed by atoms with Crippen LogP contribution < -0.4 is 5.56 Å². The van der Waals surface area contributed by atoms with Crippen molar-refractivity contribution in [2.24, 2.45) is 0 Å². The lowest BCUT2D eigenvalue weighted by Gasteiger charge is -2.13. The normalized spacial score (nSPS) is 11.4. The Balaban J connectivity index is 2.00. The highest BCUT2D eigenvalue weighted by Gasteiger charge is 2.15. The van der Waals surface area contributed by atoms with Crippen molar-refractivity contribution in [1.82, 2.24) is 14.7 Å². The maximum Gasteiger partial charge on any atom is 0.262 e. The molecule has 0 aliphatic rings. The summed E-state index contributed by atoms with van der Waals surface area (Å²) < 4.78 is 7.02. The molecule has 5 nitrogen and oxygen atoms in total. The van der Waals surface area contributed by atoms with Gasteiger partial charge in [0.2, 0.25) is 0 Å². The minimum Gasteiger partial charge on any atom is -0.361 e. The fourth-order valence-corrected chi connectivity index (χ4v) is 4.19. The van der Waals surface area contributed by atoms with Gasteiger partial charge in [0.25, 0.3) is 5.56 Å². The summed E-state index contributed by atoms with van der Waals surface area (Å²) >= 11 is 7.62. The smallest absolute Gasteiger partial charge is 0.262 e. The van der Waals surface area contributed by atoms with E-state index in [-0.39, 0.29) is 5.56 Å². The number of unbranched alkanes of at least 4 members (excludes halogenated alkanes) is 2. The molecule has 138 valence electrons. The molecule has 0 spiro atoms. The maximum atomic E-state index is 13.0. The Morgan fingerprint density at radius 3 is 2.77 bits per heavy atom. The van der Waals surface area contributed by atoms with E-state index >= 15 is 0 Å². The molecule has 0 N–H and O–H groups in total. The van der Waals surface area contributed by atoms with Gasteiger partial charge in [-0.05, 0) is 38.5 Å². The van der Waals surface area contributed by atoms with E-state index in [2.05, 4.69) is 12.1 Å². The quantitative estimate of drug-likeness (QED) is 0.317. The lowest BCUT2D eigenvalue weighted by Crippen LogP contribution is -2.23. The lowest BCUT2D eigenvalue weighted by molar-refractivity contribution is 0.392. The minimum atomic E-state index is -0.0102. The first-order valence-electron chi connectivity index (χ1n) is 8.76. The third-order valence-electron chi connectivity index (χ3n) is 4.39. The number of benzene rings is 1.